The molecule has 2 heterocycles. The summed E-state index contributed by atoms with van der Waals surface area (Å²) < 4.78 is 58.4. The van der Waals surface area contributed by atoms with Crippen LogP contribution in [0.25, 0.3) is 17.0 Å². The standard InChI is InChI=1S/C19H15F4N7O/c1-2-14-26-15-10(20)4-3-5-12(15)30(14)19-28-17(24)27-18(29-19)25-9-6-7-13(11(21)8-9)31-16(22)23/h3-8,16H,2H2,1H3,(H3,24,25,27,28,29). The van der Waals surface area contributed by atoms with Crippen LogP contribution in [0.3, 0.4) is 0 Å². The van der Waals surface area contributed by atoms with E-state index >= 15 is 0 Å². The van der Waals surface area contributed by atoms with E-state index in [2.05, 4.69) is 30.0 Å². The predicted molar refractivity (Wildman–Crippen MR) is 105 cm³/mol. The van der Waals surface area contributed by atoms with Crippen molar-refractivity contribution in [2.24, 2.45) is 0 Å². The number of nitrogens with two attached hydrogens (primary N) is 1. The highest BCUT2D eigenvalue weighted by atomic mass is 19.3. The average Bonchev–Trinajstić information content (AvgIpc) is 3.09. The molecule has 0 radical (unpaired) electrons. The van der Waals surface area contributed by atoms with Gasteiger partial charge in [-0.05, 0) is 24.3 Å². The molecule has 4 aromatic rings. The molecular weight excluding hydrogens is 418 g/mol. The highest BCUT2D eigenvalue weighted by Gasteiger charge is 2.18. The second-order valence-corrected chi connectivity index (χ2v) is 6.29. The lowest BCUT2D eigenvalue weighted by atomic mass is 10.3. The number of imidazole rings is 1. The smallest absolute Gasteiger partial charge is 0.387 e. The third-order valence-electron chi connectivity index (χ3n) is 4.27. The highest BCUT2D eigenvalue weighted by Crippen LogP contribution is 2.26. The second kappa shape index (κ2) is 8.05. The Labute approximate surface area is 172 Å². The van der Waals surface area contributed by atoms with Gasteiger partial charge in [0.2, 0.25) is 17.8 Å². The minimum Gasteiger partial charge on any atom is -0.432 e. The van der Waals surface area contributed by atoms with Crippen molar-refractivity contribution >= 4 is 28.6 Å². The molecule has 0 saturated carbocycles. The fraction of sp³-hybridized carbons (Fsp3) is 0.158. The molecule has 4 rings (SSSR count). The monoisotopic (exact) mass is 433 g/mol. The molecule has 0 fully saturated rings. The maximum absolute atomic E-state index is 14.2. The Bertz CT molecular complexity index is 1260. The number of nitrogen functional groups attached to an aromatic ring is 1. The summed E-state index contributed by atoms with van der Waals surface area (Å²) in [5.74, 6) is -1.70. The molecule has 2 aromatic carbocycles. The van der Waals surface area contributed by atoms with E-state index in [0.717, 1.165) is 12.1 Å². The molecule has 12 heteroatoms. The first-order chi connectivity index (χ1) is 14.9. The first-order valence-electron chi connectivity index (χ1n) is 9.05. The minimum atomic E-state index is -3.15. The highest BCUT2D eigenvalue weighted by molar-refractivity contribution is 5.78. The second-order valence-electron chi connectivity index (χ2n) is 6.29. The molecule has 0 amide bonds. The van der Waals surface area contributed by atoms with Crippen molar-refractivity contribution in [3.8, 4) is 11.7 Å². The average molecular weight is 433 g/mol. The third-order valence-corrected chi connectivity index (χ3v) is 4.27. The minimum absolute atomic E-state index is 0.0373. The molecule has 31 heavy (non-hydrogen) atoms. The normalized spacial score (nSPS) is 11.3. The van der Waals surface area contributed by atoms with Crippen molar-refractivity contribution in [2.45, 2.75) is 20.0 Å². The van der Waals surface area contributed by atoms with Gasteiger partial charge in [0.1, 0.15) is 11.3 Å². The molecule has 8 nitrogen and oxygen atoms in total. The van der Waals surface area contributed by atoms with Gasteiger partial charge in [0, 0.05) is 18.2 Å². The Morgan fingerprint density at radius 1 is 1.06 bits per heavy atom. The number of nitrogens with one attached hydrogen (secondary N) is 1. The molecule has 0 aliphatic rings. The van der Waals surface area contributed by atoms with Crippen molar-refractivity contribution in [1.82, 2.24) is 24.5 Å². The zero-order chi connectivity index (χ0) is 22.1. The van der Waals surface area contributed by atoms with Crippen LogP contribution in [-0.4, -0.2) is 31.1 Å². The molecule has 0 bridgehead atoms. The van der Waals surface area contributed by atoms with Gasteiger partial charge in [-0.3, -0.25) is 4.57 Å². The van der Waals surface area contributed by atoms with Crippen LogP contribution in [0.4, 0.5) is 35.1 Å². The van der Waals surface area contributed by atoms with E-state index in [1.807, 2.05) is 6.92 Å². The number of aromatic nitrogens is 5. The summed E-state index contributed by atoms with van der Waals surface area (Å²) in [5, 5.41) is 2.73. The van der Waals surface area contributed by atoms with Gasteiger partial charge in [-0.15, -0.1) is 0 Å². The SMILES string of the molecule is CCc1nc2c(F)cccc2n1-c1nc(N)nc(Nc2ccc(OC(F)F)c(F)c2)n1. The number of benzene rings is 2. The lowest BCUT2D eigenvalue weighted by molar-refractivity contribution is -0.0521. The Morgan fingerprint density at radius 3 is 2.58 bits per heavy atom. The maximum Gasteiger partial charge on any atom is 0.387 e. The first-order valence-corrected chi connectivity index (χ1v) is 9.05. The lowest BCUT2D eigenvalue weighted by Crippen LogP contribution is -2.11. The van der Waals surface area contributed by atoms with Gasteiger partial charge in [-0.25, -0.2) is 13.8 Å². The Morgan fingerprint density at radius 2 is 1.87 bits per heavy atom. The fourth-order valence-electron chi connectivity index (χ4n) is 3.01. The number of hydrogen-bond donors (Lipinski definition) is 2. The number of rotatable bonds is 6. The summed E-state index contributed by atoms with van der Waals surface area (Å²) in [6.07, 6.45) is 0.458. The van der Waals surface area contributed by atoms with Crippen molar-refractivity contribution in [3.63, 3.8) is 0 Å². The topological polar surface area (TPSA) is 104 Å². The predicted octanol–water partition coefficient (Wildman–Crippen LogP) is 3.98. The number of ether oxygens (including phenoxy) is 1. The van der Waals surface area contributed by atoms with E-state index in [1.54, 1.807) is 10.6 Å². The summed E-state index contributed by atoms with van der Waals surface area (Å²) in [5.41, 5.74) is 6.56. The van der Waals surface area contributed by atoms with Gasteiger partial charge in [0.15, 0.2) is 17.4 Å². The molecule has 0 spiro atoms. The van der Waals surface area contributed by atoms with E-state index in [9.17, 15) is 17.6 Å². The van der Waals surface area contributed by atoms with Crippen molar-refractivity contribution in [2.75, 3.05) is 11.1 Å². The van der Waals surface area contributed by atoms with Crippen LogP contribution in [0.2, 0.25) is 0 Å². The number of hydrogen-bond acceptors (Lipinski definition) is 7. The first kappa shape index (κ1) is 20.3. The van der Waals surface area contributed by atoms with Gasteiger partial charge in [-0.2, -0.15) is 23.7 Å². The van der Waals surface area contributed by atoms with Crippen LogP contribution in [0.1, 0.15) is 12.7 Å². The van der Waals surface area contributed by atoms with Gasteiger partial charge in [0.05, 0.1) is 5.52 Å². The third kappa shape index (κ3) is 4.04. The largest absolute Gasteiger partial charge is 0.432 e. The van der Waals surface area contributed by atoms with Crippen molar-refractivity contribution in [1.29, 1.82) is 0 Å². The summed E-state index contributed by atoms with van der Waals surface area (Å²) in [6, 6.07) is 7.77. The lowest BCUT2D eigenvalue weighted by Gasteiger charge is -2.11. The summed E-state index contributed by atoms with van der Waals surface area (Å²) in [6.45, 7) is -1.31. The number of halogens is 4. The number of fused-ring (bicyclic) bond motifs is 1. The van der Waals surface area contributed by atoms with Crippen LogP contribution < -0.4 is 15.8 Å². The zero-order valence-electron chi connectivity index (χ0n) is 16.0. The van der Waals surface area contributed by atoms with E-state index in [1.165, 1.54) is 18.2 Å². The number of nitrogens with zero attached hydrogens (tertiary/aromatic N) is 5. The van der Waals surface area contributed by atoms with E-state index in [4.69, 9.17) is 5.73 Å². The zero-order valence-corrected chi connectivity index (χ0v) is 16.0. The van der Waals surface area contributed by atoms with Crippen LogP contribution in [0.15, 0.2) is 36.4 Å². The van der Waals surface area contributed by atoms with Crippen LogP contribution in [0, 0.1) is 11.6 Å². The van der Waals surface area contributed by atoms with Crippen LogP contribution in [-0.2, 0) is 6.42 Å². The number of aryl methyl sites for hydroxylation is 1. The molecule has 2 aromatic heterocycles. The maximum atomic E-state index is 14.2. The molecular formula is C19H15F4N7O. The Kier molecular flexibility index (Phi) is 5.28. The quantitative estimate of drug-likeness (QED) is 0.443. The molecule has 0 atom stereocenters. The molecule has 0 aliphatic carbocycles. The van der Waals surface area contributed by atoms with Crippen LogP contribution >= 0.6 is 0 Å². The van der Waals surface area contributed by atoms with Gasteiger partial charge < -0.3 is 15.8 Å². The van der Waals surface area contributed by atoms with E-state index in [0.29, 0.717) is 17.8 Å². The van der Waals surface area contributed by atoms with Gasteiger partial charge in [-0.1, -0.05) is 13.0 Å². The van der Waals surface area contributed by atoms with Crippen LogP contribution in [0.5, 0.6) is 5.75 Å². The van der Waals surface area contributed by atoms with Crippen molar-refractivity contribution in [3.05, 3.63) is 53.9 Å². The summed E-state index contributed by atoms with van der Waals surface area (Å²) >= 11 is 0. The fourth-order valence-corrected chi connectivity index (χ4v) is 3.01. The summed E-state index contributed by atoms with van der Waals surface area (Å²) in [4.78, 5) is 16.6. The molecule has 0 unspecified atom stereocenters. The molecule has 0 saturated heterocycles. The number of para-hydroxylation sites is 1. The molecule has 160 valence electrons. The van der Waals surface area contributed by atoms with E-state index in [-0.39, 0.29) is 29.0 Å². The van der Waals surface area contributed by atoms with Crippen molar-refractivity contribution < 1.29 is 22.3 Å². The number of anilines is 3. The van der Waals surface area contributed by atoms with Gasteiger partial charge >= 0.3 is 6.61 Å². The van der Waals surface area contributed by atoms with E-state index < -0.39 is 24.0 Å². The molecule has 3 N–H and O–H groups in total. The number of alkyl halides is 2. The van der Waals surface area contributed by atoms with Gasteiger partial charge in [0.25, 0.3) is 0 Å². The Balaban J connectivity index is 1.73. The summed E-state index contributed by atoms with van der Waals surface area (Å²) in [7, 11) is 0. The molecule has 0 aliphatic heterocycles. The Hall–Kier alpha value is -3.96.